The Morgan fingerprint density at radius 2 is 2.07 bits per heavy atom. The van der Waals surface area contributed by atoms with Crippen molar-refractivity contribution in [3.8, 4) is 0 Å². The molecule has 0 bridgehead atoms. The zero-order chi connectivity index (χ0) is 18.8. The molecular formula is C18H22N8O. The first-order valence-electron chi connectivity index (χ1n) is 8.82. The van der Waals surface area contributed by atoms with Crippen LogP contribution in [0.4, 0.5) is 17.6 Å². The molecule has 140 valence electrons. The minimum Gasteiger partial charge on any atom is -0.390 e. The van der Waals surface area contributed by atoms with Crippen LogP contribution in [0, 0.1) is 6.92 Å². The summed E-state index contributed by atoms with van der Waals surface area (Å²) in [6, 6.07) is 9.91. The van der Waals surface area contributed by atoms with Crippen LogP contribution in [0.15, 0.2) is 30.3 Å². The normalized spacial score (nSPS) is 14.1. The van der Waals surface area contributed by atoms with E-state index in [2.05, 4.69) is 30.3 Å². The highest BCUT2D eigenvalue weighted by molar-refractivity contribution is 5.54. The Hall–Kier alpha value is -3.04. The van der Waals surface area contributed by atoms with Gasteiger partial charge in [-0.25, -0.2) is 0 Å². The van der Waals surface area contributed by atoms with E-state index in [1.807, 2.05) is 41.9 Å². The number of nitrogens with two attached hydrogens (primary N) is 1. The van der Waals surface area contributed by atoms with Gasteiger partial charge in [0.05, 0.1) is 31.1 Å². The number of benzene rings is 1. The quantitative estimate of drug-likeness (QED) is 0.617. The number of nitrogen functional groups attached to an aromatic ring is 1. The monoisotopic (exact) mass is 366 g/mol. The molecule has 2 aromatic heterocycles. The van der Waals surface area contributed by atoms with Gasteiger partial charge < -0.3 is 16.2 Å². The van der Waals surface area contributed by atoms with Gasteiger partial charge in [-0.15, -0.1) is 0 Å². The van der Waals surface area contributed by atoms with E-state index in [4.69, 9.17) is 5.73 Å². The van der Waals surface area contributed by atoms with Crippen LogP contribution in [0.2, 0.25) is 0 Å². The van der Waals surface area contributed by atoms with E-state index in [-0.39, 0.29) is 12.6 Å². The van der Waals surface area contributed by atoms with Gasteiger partial charge in [0.1, 0.15) is 5.82 Å². The van der Waals surface area contributed by atoms with Crippen molar-refractivity contribution in [3.05, 3.63) is 53.1 Å². The highest BCUT2D eigenvalue weighted by Crippen LogP contribution is 2.18. The van der Waals surface area contributed by atoms with Crippen molar-refractivity contribution < 1.29 is 5.11 Å². The maximum Gasteiger partial charge on any atom is 0.232 e. The van der Waals surface area contributed by atoms with E-state index < -0.39 is 0 Å². The molecule has 1 aromatic carbocycles. The lowest BCUT2D eigenvalue weighted by Crippen LogP contribution is -2.34. The van der Waals surface area contributed by atoms with E-state index in [9.17, 15) is 5.11 Å². The minimum atomic E-state index is -0.0437. The summed E-state index contributed by atoms with van der Waals surface area (Å²) in [6.07, 6.45) is 0. The second kappa shape index (κ2) is 7.29. The standard InChI is InChI=1S/C18H22N8O/c1-12-3-2-4-13(7-12)20-18-22-16(21-17(19)23-18)10-25-5-6-26-15(9-25)8-14(11-27)24-26/h2-4,7-8,27H,5-6,9-11H2,1H3,(H3,19,20,21,22,23). The number of hydrogen-bond acceptors (Lipinski definition) is 8. The lowest BCUT2D eigenvalue weighted by Gasteiger charge is -2.26. The number of aliphatic hydroxyl groups is 1. The molecule has 4 N–H and O–H groups in total. The zero-order valence-electron chi connectivity index (χ0n) is 15.1. The van der Waals surface area contributed by atoms with Gasteiger partial charge in [-0.1, -0.05) is 12.1 Å². The largest absolute Gasteiger partial charge is 0.390 e. The summed E-state index contributed by atoms with van der Waals surface area (Å²) in [5.41, 5.74) is 9.71. The molecule has 0 amide bonds. The first-order chi connectivity index (χ1) is 13.1. The fraction of sp³-hybridized carbons (Fsp3) is 0.333. The average Bonchev–Trinajstić information content (AvgIpc) is 3.03. The Labute approximate surface area is 156 Å². The van der Waals surface area contributed by atoms with Gasteiger partial charge in [0.2, 0.25) is 11.9 Å². The van der Waals surface area contributed by atoms with Crippen LogP contribution in [-0.4, -0.2) is 41.3 Å². The second-order valence-electron chi connectivity index (χ2n) is 6.65. The van der Waals surface area contributed by atoms with E-state index in [0.29, 0.717) is 24.0 Å². The number of aryl methyl sites for hydroxylation is 1. The molecule has 1 aliphatic rings. The maximum absolute atomic E-state index is 9.25. The first kappa shape index (κ1) is 17.4. The van der Waals surface area contributed by atoms with Gasteiger partial charge >= 0.3 is 0 Å². The topological polar surface area (TPSA) is 118 Å². The number of aromatic nitrogens is 5. The van der Waals surface area contributed by atoms with E-state index in [1.54, 1.807) is 0 Å². The molecule has 27 heavy (non-hydrogen) atoms. The van der Waals surface area contributed by atoms with Crippen molar-refractivity contribution in [2.75, 3.05) is 17.6 Å². The number of nitrogens with one attached hydrogen (secondary N) is 1. The second-order valence-corrected chi connectivity index (χ2v) is 6.65. The molecule has 3 heterocycles. The highest BCUT2D eigenvalue weighted by atomic mass is 16.3. The van der Waals surface area contributed by atoms with Crippen LogP contribution in [0.1, 0.15) is 22.8 Å². The molecule has 4 rings (SSSR count). The Balaban J connectivity index is 1.48. The summed E-state index contributed by atoms with van der Waals surface area (Å²) in [6.45, 7) is 4.86. The fourth-order valence-corrected chi connectivity index (χ4v) is 3.21. The first-order valence-corrected chi connectivity index (χ1v) is 8.82. The Morgan fingerprint density at radius 3 is 2.89 bits per heavy atom. The smallest absolute Gasteiger partial charge is 0.232 e. The molecule has 0 aliphatic carbocycles. The van der Waals surface area contributed by atoms with Gasteiger partial charge in [-0.2, -0.15) is 20.1 Å². The van der Waals surface area contributed by atoms with Crippen molar-refractivity contribution in [1.82, 2.24) is 29.6 Å². The van der Waals surface area contributed by atoms with Gasteiger partial charge in [0.25, 0.3) is 0 Å². The number of fused-ring (bicyclic) bond motifs is 1. The predicted octanol–water partition coefficient (Wildman–Crippen LogP) is 1.21. The molecule has 0 atom stereocenters. The van der Waals surface area contributed by atoms with Crippen molar-refractivity contribution in [1.29, 1.82) is 0 Å². The van der Waals surface area contributed by atoms with Crippen molar-refractivity contribution in [2.45, 2.75) is 33.2 Å². The molecule has 0 unspecified atom stereocenters. The molecule has 0 saturated heterocycles. The summed E-state index contributed by atoms with van der Waals surface area (Å²) in [5, 5.41) is 16.8. The van der Waals surface area contributed by atoms with Crippen LogP contribution < -0.4 is 11.1 Å². The molecule has 0 fully saturated rings. The average molecular weight is 366 g/mol. The third-order valence-electron chi connectivity index (χ3n) is 4.43. The minimum absolute atomic E-state index is 0.0437. The molecule has 9 nitrogen and oxygen atoms in total. The highest BCUT2D eigenvalue weighted by Gasteiger charge is 2.19. The molecule has 0 saturated carbocycles. The van der Waals surface area contributed by atoms with E-state index in [0.717, 1.165) is 36.6 Å². The molecule has 9 heteroatoms. The van der Waals surface area contributed by atoms with Crippen LogP contribution in [0.5, 0.6) is 0 Å². The molecule has 0 radical (unpaired) electrons. The van der Waals surface area contributed by atoms with Crippen molar-refractivity contribution in [3.63, 3.8) is 0 Å². The van der Waals surface area contributed by atoms with Crippen LogP contribution in [0.25, 0.3) is 0 Å². The number of aliphatic hydroxyl groups excluding tert-OH is 1. The number of anilines is 3. The molecular weight excluding hydrogens is 344 g/mol. The summed E-state index contributed by atoms with van der Waals surface area (Å²) in [4.78, 5) is 15.2. The van der Waals surface area contributed by atoms with Gasteiger partial charge in [0.15, 0.2) is 0 Å². The zero-order valence-corrected chi connectivity index (χ0v) is 15.1. The Kier molecular flexibility index (Phi) is 4.69. The van der Waals surface area contributed by atoms with E-state index >= 15 is 0 Å². The Bertz CT molecular complexity index is 954. The van der Waals surface area contributed by atoms with Crippen molar-refractivity contribution in [2.24, 2.45) is 0 Å². The van der Waals surface area contributed by atoms with Crippen molar-refractivity contribution >= 4 is 17.6 Å². The van der Waals surface area contributed by atoms with Gasteiger partial charge in [-0.3, -0.25) is 9.58 Å². The van der Waals surface area contributed by atoms with Crippen LogP contribution in [-0.2, 0) is 26.2 Å². The molecule has 3 aromatic rings. The van der Waals surface area contributed by atoms with Crippen LogP contribution >= 0.6 is 0 Å². The third-order valence-corrected chi connectivity index (χ3v) is 4.43. The van der Waals surface area contributed by atoms with E-state index in [1.165, 1.54) is 0 Å². The lowest BCUT2D eigenvalue weighted by molar-refractivity contribution is 0.200. The van der Waals surface area contributed by atoms with Gasteiger partial charge in [0, 0.05) is 18.8 Å². The summed E-state index contributed by atoms with van der Waals surface area (Å²) >= 11 is 0. The molecule has 1 aliphatic heterocycles. The van der Waals surface area contributed by atoms with Gasteiger partial charge in [-0.05, 0) is 30.7 Å². The third kappa shape index (κ3) is 4.04. The number of hydrogen-bond donors (Lipinski definition) is 3. The predicted molar refractivity (Wildman–Crippen MR) is 101 cm³/mol. The number of nitrogens with zero attached hydrogens (tertiary/aromatic N) is 6. The lowest BCUT2D eigenvalue weighted by atomic mass is 10.2. The number of rotatable bonds is 5. The maximum atomic E-state index is 9.25. The summed E-state index contributed by atoms with van der Waals surface area (Å²) < 4.78 is 1.94. The van der Waals surface area contributed by atoms with Crippen LogP contribution in [0.3, 0.4) is 0 Å². The fourth-order valence-electron chi connectivity index (χ4n) is 3.21. The summed E-state index contributed by atoms with van der Waals surface area (Å²) in [5.74, 6) is 1.25. The molecule has 0 spiro atoms. The Morgan fingerprint density at radius 1 is 1.19 bits per heavy atom. The SMILES string of the molecule is Cc1cccc(Nc2nc(N)nc(CN3CCn4nc(CO)cc4C3)n2)c1. The summed E-state index contributed by atoms with van der Waals surface area (Å²) in [7, 11) is 0.